The van der Waals surface area contributed by atoms with Crippen LogP contribution in [0.25, 0.3) is 6.08 Å². The van der Waals surface area contributed by atoms with Crippen molar-refractivity contribution in [2.24, 2.45) is 5.92 Å². The Hall–Kier alpha value is -2.30. The molecule has 1 saturated heterocycles. The van der Waals surface area contributed by atoms with E-state index in [9.17, 15) is 9.59 Å². The lowest BCUT2D eigenvalue weighted by molar-refractivity contribution is -0.148. The maximum Gasteiger partial charge on any atom is 0.331 e. The third-order valence-corrected chi connectivity index (χ3v) is 3.92. The molecular weight excluding hydrogens is 306 g/mol. The SMILES string of the molecule is CC(C)(C)OC(=O)/C=C/c1ccc(N2CCC(C(=O)O)CC2)cc1. The summed E-state index contributed by atoms with van der Waals surface area (Å²) in [7, 11) is 0. The van der Waals surface area contributed by atoms with Crippen LogP contribution in [0.15, 0.2) is 30.3 Å². The molecule has 2 rings (SSSR count). The molecule has 0 unspecified atom stereocenters. The van der Waals surface area contributed by atoms with Crippen molar-refractivity contribution in [2.45, 2.75) is 39.2 Å². The number of carboxylic acids is 1. The number of nitrogens with zero attached hydrogens (tertiary/aromatic N) is 1. The van der Waals surface area contributed by atoms with E-state index in [-0.39, 0.29) is 11.9 Å². The molecule has 1 aromatic rings. The molecule has 0 bridgehead atoms. The third kappa shape index (κ3) is 5.41. The highest BCUT2D eigenvalue weighted by atomic mass is 16.6. The summed E-state index contributed by atoms with van der Waals surface area (Å²) in [6.07, 6.45) is 4.51. The average molecular weight is 331 g/mol. The van der Waals surface area contributed by atoms with Crippen molar-refractivity contribution in [1.82, 2.24) is 0 Å². The zero-order valence-corrected chi connectivity index (χ0v) is 14.5. The minimum Gasteiger partial charge on any atom is -0.481 e. The molecule has 0 saturated carbocycles. The maximum atomic E-state index is 11.7. The summed E-state index contributed by atoms with van der Waals surface area (Å²) in [4.78, 5) is 24.9. The van der Waals surface area contributed by atoms with Crippen molar-refractivity contribution in [3.8, 4) is 0 Å². The first-order valence-corrected chi connectivity index (χ1v) is 8.23. The first kappa shape index (κ1) is 18.0. The highest BCUT2D eigenvalue weighted by molar-refractivity contribution is 5.87. The number of benzene rings is 1. The first-order chi connectivity index (χ1) is 11.2. The van der Waals surface area contributed by atoms with Gasteiger partial charge in [0, 0.05) is 24.9 Å². The number of hydrogen-bond acceptors (Lipinski definition) is 4. The zero-order valence-electron chi connectivity index (χ0n) is 14.5. The Balaban J connectivity index is 1.92. The fraction of sp³-hybridized carbons (Fsp3) is 0.474. The average Bonchev–Trinajstić information content (AvgIpc) is 2.52. The summed E-state index contributed by atoms with van der Waals surface area (Å²) in [6.45, 7) is 7.01. The van der Waals surface area contributed by atoms with Crippen LogP contribution in [-0.4, -0.2) is 35.7 Å². The molecule has 0 aliphatic carbocycles. The molecule has 0 amide bonds. The molecule has 0 atom stereocenters. The molecule has 1 aliphatic rings. The van der Waals surface area contributed by atoms with Crippen LogP contribution in [0.5, 0.6) is 0 Å². The van der Waals surface area contributed by atoms with E-state index in [1.165, 1.54) is 6.08 Å². The number of esters is 1. The van der Waals surface area contributed by atoms with Gasteiger partial charge in [-0.25, -0.2) is 4.79 Å². The zero-order chi connectivity index (χ0) is 17.7. The van der Waals surface area contributed by atoms with E-state index < -0.39 is 11.6 Å². The fourth-order valence-corrected chi connectivity index (χ4v) is 2.68. The quantitative estimate of drug-likeness (QED) is 0.677. The Morgan fingerprint density at radius 1 is 1.17 bits per heavy atom. The minimum absolute atomic E-state index is 0.225. The number of ether oxygens (including phenoxy) is 1. The number of carboxylic acid groups (broad SMARTS) is 1. The van der Waals surface area contributed by atoms with Gasteiger partial charge in [0.15, 0.2) is 0 Å². The van der Waals surface area contributed by atoms with Crippen LogP contribution >= 0.6 is 0 Å². The fourth-order valence-electron chi connectivity index (χ4n) is 2.68. The molecule has 0 radical (unpaired) electrons. The smallest absolute Gasteiger partial charge is 0.331 e. The molecule has 1 aliphatic heterocycles. The number of carbonyl (C=O) groups excluding carboxylic acids is 1. The number of hydrogen-bond donors (Lipinski definition) is 1. The van der Waals surface area contributed by atoms with Gasteiger partial charge in [0.05, 0.1) is 5.92 Å². The maximum absolute atomic E-state index is 11.7. The van der Waals surface area contributed by atoms with Gasteiger partial charge >= 0.3 is 11.9 Å². The van der Waals surface area contributed by atoms with Crippen molar-refractivity contribution in [3.63, 3.8) is 0 Å². The van der Waals surface area contributed by atoms with Crippen LogP contribution in [0.4, 0.5) is 5.69 Å². The first-order valence-electron chi connectivity index (χ1n) is 8.23. The normalized spacial score (nSPS) is 16.4. The van der Waals surface area contributed by atoms with Crippen LogP contribution in [0.3, 0.4) is 0 Å². The van der Waals surface area contributed by atoms with Gasteiger partial charge in [-0.15, -0.1) is 0 Å². The van der Waals surface area contributed by atoms with E-state index in [0.717, 1.165) is 24.3 Å². The van der Waals surface area contributed by atoms with Gasteiger partial charge in [-0.1, -0.05) is 12.1 Å². The van der Waals surface area contributed by atoms with Gasteiger partial charge in [-0.2, -0.15) is 0 Å². The van der Waals surface area contributed by atoms with Crippen molar-refractivity contribution < 1.29 is 19.4 Å². The van der Waals surface area contributed by atoms with Gasteiger partial charge < -0.3 is 14.7 Å². The summed E-state index contributed by atoms with van der Waals surface area (Å²) in [6, 6.07) is 7.88. The second-order valence-corrected chi connectivity index (χ2v) is 7.06. The Kier molecular flexibility index (Phi) is 5.65. The molecule has 1 heterocycles. The van der Waals surface area contributed by atoms with E-state index >= 15 is 0 Å². The van der Waals surface area contributed by atoms with E-state index in [1.54, 1.807) is 6.08 Å². The van der Waals surface area contributed by atoms with Gasteiger partial charge in [-0.05, 0) is 57.4 Å². The largest absolute Gasteiger partial charge is 0.481 e. The standard InChI is InChI=1S/C19H25NO4/c1-19(2,3)24-17(21)9-6-14-4-7-16(8-5-14)20-12-10-15(11-13-20)18(22)23/h4-9,15H,10-13H2,1-3H3,(H,22,23)/b9-6+. The molecular formula is C19H25NO4. The van der Waals surface area contributed by atoms with Gasteiger partial charge in [0.1, 0.15) is 5.60 Å². The number of piperidine rings is 1. The third-order valence-electron chi connectivity index (χ3n) is 3.92. The minimum atomic E-state index is -0.697. The number of carbonyl (C=O) groups is 2. The lowest BCUT2D eigenvalue weighted by Gasteiger charge is -2.32. The topological polar surface area (TPSA) is 66.8 Å². The highest BCUT2D eigenvalue weighted by Crippen LogP contribution is 2.24. The summed E-state index contributed by atoms with van der Waals surface area (Å²) < 4.78 is 5.23. The summed E-state index contributed by atoms with van der Waals surface area (Å²) >= 11 is 0. The van der Waals surface area contributed by atoms with E-state index in [1.807, 2.05) is 45.0 Å². The Bertz CT molecular complexity index is 605. The van der Waals surface area contributed by atoms with Gasteiger partial charge in [-0.3, -0.25) is 4.79 Å². The second-order valence-electron chi connectivity index (χ2n) is 7.06. The lowest BCUT2D eigenvalue weighted by Crippen LogP contribution is -2.36. The van der Waals surface area contributed by atoms with Crippen LogP contribution in [-0.2, 0) is 14.3 Å². The highest BCUT2D eigenvalue weighted by Gasteiger charge is 2.24. The summed E-state index contributed by atoms with van der Waals surface area (Å²) in [5.74, 6) is -1.28. The molecule has 0 spiro atoms. The number of aliphatic carboxylic acids is 1. The van der Waals surface area contributed by atoms with Crippen LogP contribution in [0, 0.1) is 5.92 Å². The van der Waals surface area contributed by atoms with Gasteiger partial charge in [0.2, 0.25) is 0 Å². The van der Waals surface area contributed by atoms with Gasteiger partial charge in [0.25, 0.3) is 0 Å². The van der Waals surface area contributed by atoms with Crippen molar-refractivity contribution in [2.75, 3.05) is 18.0 Å². The van der Waals surface area contributed by atoms with Crippen LogP contribution in [0.1, 0.15) is 39.2 Å². The van der Waals surface area contributed by atoms with Crippen LogP contribution < -0.4 is 4.90 Å². The Morgan fingerprint density at radius 3 is 2.25 bits per heavy atom. The van der Waals surface area contributed by atoms with Crippen molar-refractivity contribution in [1.29, 1.82) is 0 Å². The molecule has 1 aromatic carbocycles. The van der Waals surface area contributed by atoms with E-state index in [4.69, 9.17) is 9.84 Å². The van der Waals surface area contributed by atoms with Crippen molar-refractivity contribution >= 4 is 23.7 Å². The van der Waals surface area contributed by atoms with Crippen LogP contribution in [0.2, 0.25) is 0 Å². The molecule has 1 N–H and O–H groups in total. The molecule has 130 valence electrons. The molecule has 5 nitrogen and oxygen atoms in total. The monoisotopic (exact) mass is 331 g/mol. The predicted octanol–water partition coefficient (Wildman–Crippen LogP) is 3.34. The summed E-state index contributed by atoms with van der Waals surface area (Å²) in [5.41, 5.74) is 1.51. The van der Waals surface area contributed by atoms with Crippen molar-refractivity contribution in [3.05, 3.63) is 35.9 Å². The Labute approximate surface area is 142 Å². The lowest BCUT2D eigenvalue weighted by atomic mass is 9.96. The molecule has 5 heteroatoms. The molecule has 0 aromatic heterocycles. The molecule has 1 fully saturated rings. The summed E-state index contributed by atoms with van der Waals surface area (Å²) in [5, 5.41) is 9.04. The van der Waals surface area contributed by atoms with E-state index in [2.05, 4.69) is 4.90 Å². The number of rotatable bonds is 4. The Morgan fingerprint density at radius 2 is 1.75 bits per heavy atom. The molecule has 24 heavy (non-hydrogen) atoms. The number of anilines is 1. The van der Waals surface area contributed by atoms with E-state index in [0.29, 0.717) is 12.8 Å². The predicted molar refractivity (Wildman–Crippen MR) is 93.9 cm³/mol. The second kappa shape index (κ2) is 7.51.